The van der Waals surface area contributed by atoms with Gasteiger partial charge in [0, 0.05) is 23.5 Å². The molecule has 0 aromatic carbocycles. The molecule has 2 aromatic rings. The molecule has 0 fully saturated rings. The first kappa shape index (κ1) is 10.4. The van der Waals surface area contributed by atoms with Gasteiger partial charge in [0.1, 0.15) is 0 Å². The number of hydrogen-bond acceptors (Lipinski definition) is 3. The maximum Gasteiger partial charge on any atom is 0.0950 e. The third kappa shape index (κ3) is 2.46. The van der Waals surface area contributed by atoms with Gasteiger partial charge in [0.05, 0.1) is 18.2 Å². The average Bonchev–Trinajstić information content (AvgIpc) is 2.85. The van der Waals surface area contributed by atoms with Gasteiger partial charge in [0.2, 0.25) is 0 Å². The van der Waals surface area contributed by atoms with Crippen molar-refractivity contribution < 1.29 is 0 Å². The minimum atomic E-state index is 0.239. The largest absolute Gasteiger partial charge is 0.331 e. The molecule has 0 spiro atoms. The lowest BCUT2D eigenvalue weighted by Crippen LogP contribution is -2.17. The molecule has 2 N–H and O–H groups in total. The predicted molar refractivity (Wildman–Crippen MR) is 63.8 cm³/mol. The van der Waals surface area contributed by atoms with E-state index in [1.807, 2.05) is 19.4 Å². The second kappa shape index (κ2) is 4.59. The lowest BCUT2D eigenvalue weighted by molar-refractivity contribution is 0.573. The van der Waals surface area contributed by atoms with Crippen LogP contribution in [-0.4, -0.2) is 15.6 Å². The summed E-state index contributed by atoms with van der Waals surface area (Å²) in [5.74, 6) is 0. The van der Waals surface area contributed by atoms with Crippen LogP contribution in [0.1, 0.15) is 13.3 Å². The van der Waals surface area contributed by atoms with Crippen molar-refractivity contribution in [1.29, 1.82) is 0 Å². The second-order valence-corrected chi connectivity index (χ2v) is 4.53. The van der Waals surface area contributed by atoms with Crippen LogP contribution in [0.25, 0.3) is 11.3 Å². The number of hydrogen-bond donors (Lipinski definition) is 1. The van der Waals surface area contributed by atoms with E-state index < -0.39 is 0 Å². The zero-order chi connectivity index (χ0) is 10.7. The molecule has 0 bridgehead atoms. The number of aryl methyl sites for hydroxylation is 1. The van der Waals surface area contributed by atoms with Gasteiger partial charge in [-0.1, -0.05) is 0 Å². The van der Waals surface area contributed by atoms with Crippen molar-refractivity contribution in [2.45, 2.75) is 25.9 Å². The standard InChI is InChI=1S/C11H15N3S/c1-9(12)2-4-14-8-13-6-11(14)10-3-5-15-7-10/h3,5-9H,2,4,12H2,1H3. The molecule has 0 amide bonds. The molecule has 0 aliphatic heterocycles. The van der Waals surface area contributed by atoms with Crippen LogP contribution in [-0.2, 0) is 6.54 Å². The van der Waals surface area contributed by atoms with Gasteiger partial charge in [0.25, 0.3) is 0 Å². The van der Waals surface area contributed by atoms with Crippen LogP contribution < -0.4 is 5.73 Å². The molecule has 1 atom stereocenters. The highest BCUT2D eigenvalue weighted by Crippen LogP contribution is 2.21. The Hall–Kier alpha value is -1.13. The van der Waals surface area contributed by atoms with Gasteiger partial charge in [-0.25, -0.2) is 4.98 Å². The Labute approximate surface area is 93.6 Å². The highest BCUT2D eigenvalue weighted by Gasteiger charge is 2.05. The van der Waals surface area contributed by atoms with Crippen molar-refractivity contribution in [1.82, 2.24) is 9.55 Å². The SMILES string of the molecule is CC(N)CCn1cncc1-c1ccsc1. The summed E-state index contributed by atoms with van der Waals surface area (Å²) in [4.78, 5) is 4.18. The molecule has 1 unspecified atom stereocenters. The van der Waals surface area contributed by atoms with E-state index >= 15 is 0 Å². The highest BCUT2D eigenvalue weighted by molar-refractivity contribution is 7.08. The molecule has 15 heavy (non-hydrogen) atoms. The summed E-state index contributed by atoms with van der Waals surface area (Å²) in [5.41, 5.74) is 8.16. The average molecular weight is 221 g/mol. The number of imidazole rings is 1. The number of nitrogens with zero attached hydrogens (tertiary/aromatic N) is 2. The van der Waals surface area contributed by atoms with Crippen LogP contribution in [0.3, 0.4) is 0 Å². The Morgan fingerprint density at radius 1 is 1.60 bits per heavy atom. The molecule has 3 nitrogen and oxygen atoms in total. The third-order valence-electron chi connectivity index (χ3n) is 2.35. The van der Waals surface area contributed by atoms with Gasteiger partial charge in [-0.3, -0.25) is 0 Å². The fourth-order valence-corrected chi connectivity index (χ4v) is 2.14. The quantitative estimate of drug-likeness (QED) is 0.861. The zero-order valence-electron chi connectivity index (χ0n) is 8.76. The van der Waals surface area contributed by atoms with E-state index in [0.717, 1.165) is 13.0 Å². The van der Waals surface area contributed by atoms with Crippen LogP contribution in [0.15, 0.2) is 29.4 Å². The van der Waals surface area contributed by atoms with Gasteiger partial charge in [-0.15, -0.1) is 0 Å². The summed E-state index contributed by atoms with van der Waals surface area (Å²) in [6.45, 7) is 2.96. The Balaban J connectivity index is 2.16. The molecule has 2 aromatic heterocycles. The maximum absolute atomic E-state index is 5.75. The number of nitrogens with two attached hydrogens (primary N) is 1. The molecule has 2 heterocycles. The zero-order valence-corrected chi connectivity index (χ0v) is 9.57. The van der Waals surface area contributed by atoms with Gasteiger partial charge < -0.3 is 10.3 Å². The fourth-order valence-electron chi connectivity index (χ4n) is 1.49. The minimum absolute atomic E-state index is 0.239. The van der Waals surface area contributed by atoms with E-state index in [0.29, 0.717) is 0 Å². The molecule has 0 aliphatic rings. The van der Waals surface area contributed by atoms with E-state index in [2.05, 4.69) is 26.4 Å². The molecule has 0 saturated heterocycles. The maximum atomic E-state index is 5.75. The summed E-state index contributed by atoms with van der Waals surface area (Å²) in [5, 5.41) is 4.22. The lowest BCUT2D eigenvalue weighted by atomic mass is 10.2. The number of aromatic nitrogens is 2. The first-order chi connectivity index (χ1) is 7.27. The van der Waals surface area contributed by atoms with E-state index in [1.54, 1.807) is 11.3 Å². The van der Waals surface area contributed by atoms with Crippen LogP contribution in [0.5, 0.6) is 0 Å². The summed E-state index contributed by atoms with van der Waals surface area (Å²) >= 11 is 1.71. The van der Waals surface area contributed by atoms with Gasteiger partial charge in [0.15, 0.2) is 0 Å². The van der Waals surface area contributed by atoms with E-state index in [1.165, 1.54) is 11.3 Å². The van der Waals surface area contributed by atoms with Crippen molar-refractivity contribution in [2.75, 3.05) is 0 Å². The van der Waals surface area contributed by atoms with Crippen molar-refractivity contribution >= 4 is 11.3 Å². The fraction of sp³-hybridized carbons (Fsp3) is 0.364. The summed E-state index contributed by atoms with van der Waals surface area (Å²) < 4.78 is 2.16. The topological polar surface area (TPSA) is 43.8 Å². The van der Waals surface area contributed by atoms with Crippen LogP contribution in [0, 0.1) is 0 Å². The number of thiophene rings is 1. The van der Waals surface area contributed by atoms with Gasteiger partial charge in [-0.05, 0) is 24.8 Å². The first-order valence-electron chi connectivity index (χ1n) is 5.05. The third-order valence-corrected chi connectivity index (χ3v) is 3.04. The van der Waals surface area contributed by atoms with Crippen LogP contribution in [0.4, 0.5) is 0 Å². The molecule has 0 radical (unpaired) electrons. The normalized spacial score (nSPS) is 12.9. The van der Waals surface area contributed by atoms with E-state index in [9.17, 15) is 0 Å². The smallest absolute Gasteiger partial charge is 0.0950 e. The molecule has 0 saturated carbocycles. The molecular formula is C11H15N3S. The Bertz CT molecular complexity index is 403. The Kier molecular flexibility index (Phi) is 3.18. The highest BCUT2D eigenvalue weighted by atomic mass is 32.1. The minimum Gasteiger partial charge on any atom is -0.331 e. The van der Waals surface area contributed by atoms with Crippen molar-refractivity contribution in [3.63, 3.8) is 0 Å². The molecule has 80 valence electrons. The summed E-state index contributed by atoms with van der Waals surface area (Å²) in [6.07, 6.45) is 4.76. The van der Waals surface area contributed by atoms with Crippen LogP contribution in [0.2, 0.25) is 0 Å². The van der Waals surface area contributed by atoms with E-state index in [-0.39, 0.29) is 6.04 Å². The van der Waals surface area contributed by atoms with E-state index in [4.69, 9.17) is 5.73 Å². The van der Waals surface area contributed by atoms with Crippen molar-refractivity contribution in [2.24, 2.45) is 5.73 Å². The van der Waals surface area contributed by atoms with Crippen molar-refractivity contribution in [3.05, 3.63) is 29.4 Å². The Morgan fingerprint density at radius 3 is 3.13 bits per heavy atom. The van der Waals surface area contributed by atoms with Gasteiger partial charge in [-0.2, -0.15) is 11.3 Å². The molecule has 0 aliphatic carbocycles. The lowest BCUT2D eigenvalue weighted by Gasteiger charge is -2.08. The van der Waals surface area contributed by atoms with Gasteiger partial charge >= 0.3 is 0 Å². The van der Waals surface area contributed by atoms with Crippen molar-refractivity contribution in [3.8, 4) is 11.3 Å². The second-order valence-electron chi connectivity index (χ2n) is 3.75. The van der Waals surface area contributed by atoms with Crippen LogP contribution >= 0.6 is 11.3 Å². The summed E-state index contributed by atoms with van der Waals surface area (Å²) in [6, 6.07) is 2.35. The molecule has 4 heteroatoms. The molecular weight excluding hydrogens is 206 g/mol. The summed E-state index contributed by atoms with van der Waals surface area (Å²) in [7, 11) is 0. The first-order valence-corrected chi connectivity index (χ1v) is 6.00. The monoisotopic (exact) mass is 221 g/mol. The number of rotatable bonds is 4. The Morgan fingerprint density at radius 2 is 2.47 bits per heavy atom. The predicted octanol–water partition coefficient (Wildman–Crippen LogP) is 2.35. The molecule has 2 rings (SSSR count).